The van der Waals surface area contributed by atoms with E-state index in [1.54, 1.807) is 7.11 Å². The first kappa shape index (κ1) is 16.6. The topological polar surface area (TPSA) is 36.9 Å². The van der Waals surface area contributed by atoms with Gasteiger partial charge in [0.1, 0.15) is 0 Å². The molecule has 0 aromatic carbocycles. The summed E-state index contributed by atoms with van der Waals surface area (Å²) >= 11 is 2.05. The summed E-state index contributed by atoms with van der Waals surface area (Å²) in [5, 5.41) is 3.48. The van der Waals surface area contributed by atoms with Crippen LogP contribution < -0.4 is 5.32 Å². The van der Waals surface area contributed by atoms with Crippen molar-refractivity contribution in [2.45, 2.75) is 37.9 Å². The van der Waals surface area contributed by atoms with Crippen molar-refractivity contribution < 1.29 is 4.74 Å². The molecule has 0 aliphatic carbocycles. The number of thioether (sulfide) groups is 1. The van der Waals surface area contributed by atoms with Gasteiger partial charge in [0.05, 0.1) is 0 Å². The Bertz CT molecular complexity index is 282. The van der Waals surface area contributed by atoms with Crippen LogP contribution in [0.4, 0.5) is 0 Å². The first-order valence-electron chi connectivity index (χ1n) is 7.17. The number of guanidine groups is 1. The van der Waals surface area contributed by atoms with Crippen molar-refractivity contribution in [2.75, 3.05) is 46.2 Å². The predicted octanol–water partition coefficient (Wildman–Crippen LogP) is 2.21. The highest BCUT2D eigenvalue weighted by Crippen LogP contribution is 2.29. The molecule has 0 spiro atoms. The van der Waals surface area contributed by atoms with Crippen molar-refractivity contribution in [3.8, 4) is 0 Å². The van der Waals surface area contributed by atoms with Crippen LogP contribution in [0.5, 0.6) is 0 Å². The van der Waals surface area contributed by atoms with Crippen molar-refractivity contribution in [1.29, 1.82) is 0 Å². The third-order valence-electron chi connectivity index (χ3n) is 3.25. The van der Waals surface area contributed by atoms with E-state index in [4.69, 9.17) is 4.74 Å². The van der Waals surface area contributed by atoms with E-state index in [2.05, 4.69) is 40.8 Å². The second kappa shape index (κ2) is 8.69. The van der Waals surface area contributed by atoms with E-state index in [9.17, 15) is 0 Å². The van der Waals surface area contributed by atoms with Crippen LogP contribution in [0, 0.1) is 0 Å². The molecule has 1 fully saturated rings. The number of ether oxygens (including phenoxy) is 1. The van der Waals surface area contributed by atoms with Crippen LogP contribution in [0.2, 0.25) is 0 Å². The second-order valence-corrected chi connectivity index (χ2v) is 7.36. The maximum atomic E-state index is 5.05. The van der Waals surface area contributed by atoms with E-state index in [1.807, 2.05) is 7.05 Å². The van der Waals surface area contributed by atoms with Gasteiger partial charge in [-0.2, -0.15) is 11.8 Å². The summed E-state index contributed by atoms with van der Waals surface area (Å²) in [5.74, 6) is 2.24. The average molecular weight is 287 g/mol. The number of aliphatic imine (C=N–C) groups is 1. The number of hydrogen-bond acceptors (Lipinski definition) is 3. The van der Waals surface area contributed by atoms with Gasteiger partial charge < -0.3 is 15.0 Å². The molecule has 0 aromatic rings. The smallest absolute Gasteiger partial charge is 0.193 e. The number of unbranched alkanes of at least 4 members (excludes halogenated alkanes) is 2. The lowest BCUT2D eigenvalue weighted by Crippen LogP contribution is -2.51. The number of nitrogens with one attached hydrogen (secondary N) is 1. The molecule has 1 saturated heterocycles. The molecule has 4 nitrogen and oxygen atoms in total. The van der Waals surface area contributed by atoms with E-state index in [0.717, 1.165) is 38.6 Å². The van der Waals surface area contributed by atoms with E-state index in [-0.39, 0.29) is 0 Å². The summed E-state index contributed by atoms with van der Waals surface area (Å²) < 4.78 is 5.38. The SMILES string of the molecule is CN=C(NCCCCCOC)N1CCSC(C)(C)C1. The van der Waals surface area contributed by atoms with Crippen LogP contribution in [-0.2, 0) is 4.74 Å². The Morgan fingerprint density at radius 1 is 1.37 bits per heavy atom. The van der Waals surface area contributed by atoms with Crippen molar-refractivity contribution in [1.82, 2.24) is 10.2 Å². The molecule has 1 heterocycles. The van der Waals surface area contributed by atoms with Gasteiger partial charge in [-0.1, -0.05) is 0 Å². The van der Waals surface area contributed by atoms with Crippen LogP contribution in [0.15, 0.2) is 4.99 Å². The van der Waals surface area contributed by atoms with Crippen LogP contribution in [-0.4, -0.2) is 61.8 Å². The fraction of sp³-hybridized carbons (Fsp3) is 0.929. The number of rotatable bonds is 6. The lowest BCUT2D eigenvalue weighted by Gasteiger charge is -2.39. The van der Waals surface area contributed by atoms with Gasteiger partial charge in [-0.15, -0.1) is 0 Å². The first-order valence-corrected chi connectivity index (χ1v) is 8.16. The summed E-state index contributed by atoms with van der Waals surface area (Å²) in [5.41, 5.74) is 0. The Hall–Kier alpha value is -0.420. The van der Waals surface area contributed by atoms with E-state index in [1.165, 1.54) is 18.6 Å². The fourth-order valence-corrected chi connectivity index (χ4v) is 3.39. The Kier molecular flexibility index (Phi) is 7.61. The molecule has 112 valence electrons. The van der Waals surface area contributed by atoms with Crippen LogP contribution in [0.3, 0.4) is 0 Å². The molecule has 1 aliphatic heterocycles. The number of nitrogens with zero attached hydrogens (tertiary/aromatic N) is 2. The number of methoxy groups -OCH3 is 1. The zero-order valence-electron chi connectivity index (χ0n) is 12.9. The summed E-state index contributed by atoms with van der Waals surface area (Å²) in [6.07, 6.45) is 3.53. The maximum absolute atomic E-state index is 5.05. The normalized spacial score (nSPS) is 19.6. The minimum atomic E-state index is 0.328. The molecule has 0 radical (unpaired) electrons. The highest BCUT2D eigenvalue weighted by Gasteiger charge is 2.28. The van der Waals surface area contributed by atoms with Crippen molar-refractivity contribution in [2.24, 2.45) is 4.99 Å². The molecule has 0 amide bonds. The molecule has 5 heteroatoms. The monoisotopic (exact) mass is 287 g/mol. The lowest BCUT2D eigenvalue weighted by atomic mass is 10.2. The molecule has 1 N–H and O–H groups in total. The van der Waals surface area contributed by atoms with Gasteiger partial charge in [-0.25, -0.2) is 0 Å². The lowest BCUT2D eigenvalue weighted by molar-refractivity contribution is 0.192. The molecular formula is C14H29N3OS. The zero-order valence-corrected chi connectivity index (χ0v) is 13.7. The summed E-state index contributed by atoms with van der Waals surface area (Å²) in [6, 6.07) is 0. The third-order valence-corrected chi connectivity index (χ3v) is 4.54. The van der Waals surface area contributed by atoms with E-state index in [0.29, 0.717) is 4.75 Å². The standard InChI is InChI=1S/C14H29N3OS/c1-14(2)12-17(9-11-19-14)13(15-3)16-8-6-5-7-10-18-4/h5-12H2,1-4H3,(H,15,16). The molecule has 0 saturated carbocycles. The van der Waals surface area contributed by atoms with Gasteiger partial charge in [-0.3, -0.25) is 4.99 Å². The average Bonchev–Trinajstić information content (AvgIpc) is 2.37. The molecule has 1 aliphatic rings. The predicted molar refractivity (Wildman–Crippen MR) is 85.2 cm³/mol. The Balaban J connectivity index is 2.26. The largest absolute Gasteiger partial charge is 0.385 e. The molecule has 0 unspecified atom stereocenters. The van der Waals surface area contributed by atoms with Gasteiger partial charge in [0.15, 0.2) is 5.96 Å². The molecule has 19 heavy (non-hydrogen) atoms. The minimum absolute atomic E-state index is 0.328. The quantitative estimate of drug-likeness (QED) is 0.462. The van der Waals surface area contributed by atoms with Gasteiger partial charge >= 0.3 is 0 Å². The highest BCUT2D eigenvalue weighted by molar-refractivity contribution is 8.00. The summed E-state index contributed by atoms with van der Waals surface area (Å²) in [6.45, 7) is 8.65. The van der Waals surface area contributed by atoms with Crippen LogP contribution in [0.25, 0.3) is 0 Å². The Morgan fingerprint density at radius 2 is 2.16 bits per heavy atom. The fourth-order valence-electron chi connectivity index (χ4n) is 2.28. The molecule has 0 atom stereocenters. The maximum Gasteiger partial charge on any atom is 0.193 e. The first-order chi connectivity index (χ1) is 9.09. The van der Waals surface area contributed by atoms with E-state index >= 15 is 0 Å². The van der Waals surface area contributed by atoms with Gasteiger partial charge in [-0.05, 0) is 33.1 Å². The van der Waals surface area contributed by atoms with Gasteiger partial charge in [0.2, 0.25) is 0 Å². The van der Waals surface area contributed by atoms with Crippen molar-refractivity contribution in [3.05, 3.63) is 0 Å². The van der Waals surface area contributed by atoms with Gasteiger partial charge in [0, 0.05) is 50.9 Å². The minimum Gasteiger partial charge on any atom is -0.385 e. The van der Waals surface area contributed by atoms with Crippen LogP contribution in [0.1, 0.15) is 33.1 Å². The molecule has 1 rings (SSSR count). The van der Waals surface area contributed by atoms with Gasteiger partial charge in [0.25, 0.3) is 0 Å². The van der Waals surface area contributed by atoms with Crippen LogP contribution >= 0.6 is 11.8 Å². The Morgan fingerprint density at radius 3 is 2.79 bits per heavy atom. The third kappa shape index (κ3) is 6.52. The van der Waals surface area contributed by atoms with Crippen molar-refractivity contribution >= 4 is 17.7 Å². The molecular weight excluding hydrogens is 258 g/mol. The Labute approximate surface area is 122 Å². The second-order valence-electron chi connectivity index (χ2n) is 5.56. The summed E-state index contributed by atoms with van der Waals surface area (Å²) in [4.78, 5) is 6.79. The highest BCUT2D eigenvalue weighted by atomic mass is 32.2. The van der Waals surface area contributed by atoms with E-state index < -0.39 is 0 Å². The zero-order chi connectivity index (χ0) is 14.1. The van der Waals surface area contributed by atoms with Crippen molar-refractivity contribution in [3.63, 3.8) is 0 Å². The number of hydrogen-bond donors (Lipinski definition) is 1. The summed E-state index contributed by atoms with van der Waals surface area (Å²) in [7, 11) is 3.64. The molecule has 0 bridgehead atoms. The molecule has 0 aromatic heterocycles.